The van der Waals surface area contributed by atoms with E-state index in [1.165, 1.54) is 103 Å². The first kappa shape index (κ1) is 28.4. The third-order valence-electron chi connectivity index (χ3n) is 7.69. The normalized spacial score (nSPS) is 13.2. The third kappa shape index (κ3) is 12.2. The van der Waals surface area contributed by atoms with Crippen molar-refractivity contribution in [2.45, 2.75) is 168 Å². The first-order valence-corrected chi connectivity index (χ1v) is 15.8. The van der Waals surface area contributed by atoms with Crippen LogP contribution >= 0.6 is 7.26 Å². The quantitative estimate of drug-likeness (QED) is 0.137. The summed E-state index contributed by atoms with van der Waals surface area (Å²) in [7, 11) is -1.13. The van der Waals surface area contributed by atoms with Crippen LogP contribution in [0.1, 0.15) is 151 Å². The second-order valence-electron chi connectivity index (χ2n) is 10.6. The molecule has 0 aliphatic rings. The minimum atomic E-state index is -1.13. The summed E-state index contributed by atoms with van der Waals surface area (Å²) in [5, 5.41) is 0. The molecule has 0 bridgehead atoms. The Kier molecular flexibility index (Phi) is 18.5. The van der Waals surface area contributed by atoms with Crippen LogP contribution in [0.5, 0.6) is 0 Å². The van der Waals surface area contributed by atoms with E-state index in [2.05, 4.69) is 48.5 Å². The van der Waals surface area contributed by atoms with Gasteiger partial charge in [-0.05, 0) is 0 Å². The van der Waals surface area contributed by atoms with Gasteiger partial charge in [0, 0.05) is 0 Å². The van der Waals surface area contributed by atoms with E-state index in [0.717, 1.165) is 17.0 Å². The maximum absolute atomic E-state index is 2.51. The second-order valence-corrected chi connectivity index (χ2v) is 16.8. The van der Waals surface area contributed by atoms with Crippen molar-refractivity contribution >= 4 is 7.26 Å². The molecule has 0 amide bonds. The molecule has 0 spiro atoms. The second kappa shape index (κ2) is 18.2. The standard InChI is InChI=1S/C27H59P/c1-8-9-10-11-12-13-14-15-16-17-18-19-20-21-22-23-24-28(25(2)3,26(4)5)27(6)7/h25-28H,8-24H2,1-7H3. The Morgan fingerprint density at radius 3 is 0.893 bits per heavy atom. The Balaban J connectivity index is 3.55. The third-order valence-corrected chi connectivity index (χ3v) is 15.4. The molecule has 0 fully saturated rings. The van der Waals surface area contributed by atoms with Crippen molar-refractivity contribution in [3.05, 3.63) is 0 Å². The number of rotatable bonds is 20. The molecule has 0 aliphatic carbocycles. The summed E-state index contributed by atoms with van der Waals surface area (Å²) in [6, 6.07) is 0. The molecule has 0 N–H and O–H groups in total. The van der Waals surface area contributed by atoms with Gasteiger partial charge in [0.05, 0.1) is 0 Å². The first-order chi connectivity index (χ1) is 13.4. The Bertz CT molecular complexity index is 296. The molecule has 28 heavy (non-hydrogen) atoms. The van der Waals surface area contributed by atoms with E-state index in [9.17, 15) is 0 Å². The Labute approximate surface area is 181 Å². The molecule has 0 aromatic rings. The van der Waals surface area contributed by atoms with Crippen molar-refractivity contribution in [1.82, 2.24) is 0 Å². The van der Waals surface area contributed by atoms with Crippen LogP contribution in [-0.4, -0.2) is 23.1 Å². The molecule has 0 heterocycles. The van der Waals surface area contributed by atoms with E-state index in [4.69, 9.17) is 0 Å². The molecule has 0 saturated heterocycles. The van der Waals surface area contributed by atoms with Gasteiger partial charge < -0.3 is 0 Å². The average molecular weight is 415 g/mol. The zero-order valence-electron chi connectivity index (χ0n) is 21.3. The molecule has 0 unspecified atom stereocenters. The zero-order valence-corrected chi connectivity index (χ0v) is 22.3. The van der Waals surface area contributed by atoms with Crippen LogP contribution in [0.2, 0.25) is 0 Å². The summed E-state index contributed by atoms with van der Waals surface area (Å²) in [4.78, 5) is 0. The summed E-state index contributed by atoms with van der Waals surface area (Å²) in [5.41, 5.74) is 2.80. The van der Waals surface area contributed by atoms with Crippen molar-refractivity contribution in [3.63, 3.8) is 0 Å². The Morgan fingerprint density at radius 2 is 0.643 bits per heavy atom. The predicted octanol–water partition coefficient (Wildman–Crippen LogP) is 10.2. The summed E-state index contributed by atoms with van der Waals surface area (Å²) < 4.78 is 0. The van der Waals surface area contributed by atoms with Gasteiger partial charge in [-0.1, -0.05) is 39.0 Å². The first-order valence-electron chi connectivity index (χ1n) is 13.4. The van der Waals surface area contributed by atoms with Crippen molar-refractivity contribution in [2.75, 3.05) is 6.16 Å². The van der Waals surface area contributed by atoms with Gasteiger partial charge in [0.2, 0.25) is 0 Å². The van der Waals surface area contributed by atoms with Gasteiger partial charge in [0.25, 0.3) is 0 Å². The van der Waals surface area contributed by atoms with Crippen LogP contribution in [-0.2, 0) is 0 Å². The van der Waals surface area contributed by atoms with Gasteiger partial charge >= 0.3 is 143 Å². The van der Waals surface area contributed by atoms with Crippen LogP contribution in [0.25, 0.3) is 0 Å². The molecule has 0 saturated carbocycles. The van der Waals surface area contributed by atoms with E-state index in [1.807, 2.05) is 0 Å². The van der Waals surface area contributed by atoms with Crippen molar-refractivity contribution in [1.29, 1.82) is 0 Å². The van der Waals surface area contributed by atoms with Crippen LogP contribution in [0.15, 0.2) is 0 Å². The molecule has 0 nitrogen and oxygen atoms in total. The van der Waals surface area contributed by atoms with E-state index in [-0.39, 0.29) is 0 Å². The topological polar surface area (TPSA) is 0 Å². The number of hydrogen-bond acceptors (Lipinski definition) is 0. The Morgan fingerprint density at radius 1 is 0.393 bits per heavy atom. The van der Waals surface area contributed by atoms with Crippen LogP contribution in [0, 0.1) is 0 Å². The molecular weight excluding hydrogens is 355 g/mol. The van der Waals surface area contributed by atoms with E-state index in [1.54, 1.807) is 6.16 Å². The molecule has 0 aromatic heterocycles. The van der Waals surface area contributed by atoms with E-state index < -0.39 is 7.26 Å². The zero-order chi connectivity index (χ0) is 21.3. The fourth-order valence-electron chi connectivity index (χ4n) is 5.85. The molecule has 172 valence electrons. The van der Waals surface area contributed by atoms with Gasteiger partial charge in [-0.15, -0.1) is 0 Å². The maximum atomic E-state index is 2.51. The van der Waals surface area contributed by atoms with E-state index in [0.29, 0.717) is 0 Å². The van der Waals surface area contributed by atoms with Crippen LogP contribution in [0.4, 0.5) is 0 Å². The summed E-state index contributed by atoms with van der Waals surface area (Å²) >= 11 is 0. The molecule has 0 rings (SSSR count). The van der Waals surface area contributed by atoms with Gasteiger partial charge in [0.1, 0.15) is 0 Å². The fraction of sp³-hybridized carbons (Fsp3) is 1.00. The predicted molar refractivity (Wildman–Crippen MR) is 138 cm³/mol. The average Bonchev–Trinajstić information content (AvgIpc) is 2.63. The fourth-order valence-corrected chi connectivity index (χ4v) is 12.4. The van der Waals surface area contributed by atoms with E-state index >= 15 is 0 Å². The van der Waals surface area contributed by atoms with Gasteiger partial charge in [-0.25, -0.2) is 0 Å². The number of hydrogen-bond donors (Lipinski definition) is 0. The summed E-state index contributed by atoms with van der Waals surface area (Å²) in [6.07, 6.45) is 25.1. The SMILES string of the molecule is CCCCCCCCCCCCCCCCCC[PH](C(C)C)(C(C)C)C(C)C. The van der Waals surface area contributed by atoms with Gasteiger partial charge in [0.15, 0.2) is 0 Å². The van der Waals surface area contributed by atoms with Crippen LogP contribution in [0.3, 0.4) is 0 Å². The summed E-state index contributed by atoms with van der Waals surface area (Å²) in [5.74, 6) is 0. The Hall–Kier alpha value is 0.430. The van der Waals surface area contributed by atoms with Crippen molar-refractivity contribution < 1.29 is 0 Å². The molecular formula is C27H59P. The van der Waals surface area contributed by atoms with Crippen LogP contribution < -0.4 is 0 Å². The molecule has 0 aromatic carbocycles. The number of unbranched alkanes of at least 4 members (excludes halogenated alkanes) is 15. The monoisotopic (exact) mass is 414 g/mol. The molecule has 0 atom stereocenters. The summed E-state index contributed by atoms with van der Waals surface area (Å²) in [6.45, 7) is 17.4. The van der Waals surface area contributed by atoms with Gasteiger partial charge in [-0.3, -0.25) is 0 Å². The molecule has 0 aliphatic heterocycles. The van der Waals surface area contributed by atoms with Crippen molar-refractivity contribution in [3.8, 4) is 0 Å². The molecule has 0 radical (unpaired) electrons. The minimum absolute atomic E-state index is 0.934. The van der Waals surface area contributed by atoms with Crippen molar-refractivity contribution in [2.24, 2.45) is 0 Å². The van der Waals surface area contributed by atoms with Gasteiger partial charge in [-0.2, -0.15) is 0 Å². The molecule has 1 heteroatoms.